The van der Waals surface area contributed by atoms with E-state index >= 15 is 0 Å². The monoisotopic (exact) mass is 224 g/mol. The largest absolute Gasteiger partial charge is 1.00 e. The van der Waals surface area contributed by atoms with E-state index in [0.717, 1.165) is 6.07 Å². The van der Waals surface area contributed by atoms with Crippen molar-refractivity contribution >= 4 is 10.1 Å². The van der Waals surface area contributed by atoms with E-state index in [1.807, 2.05) is 0 Å². The molecule has 1 rings (SSSR count). The van der Waals surface area contributed by atoms with Gasteiger partial charge < -0.3 is 9.66 Å². The first-order chi connectivity index (χ1) is 5.96. The minimum absolute atomic E-state index is 0. The van der Waals surface area contributed by atoms with E-state index in [1.165, 1.54) is 6.07 Å². The van der Waals surface area contributed by atoms with Gasteiger partial charge in [-0.25, -0.2) is 8.42 Å². The number of para-hydroxylation sites is 1. The molecule has 0 saturated heterocycles. The molecule has 0 atom stereocenters. The molecule has 0 spiro atoms. The van der Waals surface area contributed by atoms with E-state index in [1.54, 1.807) is 13.0 Å². The third-order valence-electron chi connectivity index (χ3n) is 1.73. The number of phenols is 1. The average molecular weight is 224 g/mol. The van der Waals surface area contributed by atoms with Gasteiger partial charge in [-0.2, -0.15) is 0 Å². The van der Waals surface area contributed by atoms with Gasteiger partial charge in [0.1, 0.15) is 15.9 Å². The van der Waals surface area contributed by atoms with Crippen molar-refractivity contribution in [2.24, 2.45) is 0 Å². The van der Waals surface area contributed by atoms with Gasteiger partial charge in [0.05, 0.1) is 4.90 Å². The summed E-state index contributed by atoms with van der Waals surface area (Å²) < 4.78 is 31.8. The molecule has 1 aromatic rings. The number of aromatic hydroxyl groups is 1. The Bertz CT molecular complexity index is 413. The van der Waals surface area contributed by atoms with Crippen LogP contribution in [0.3, 0.4) is 0 Å². The second-order valence-electron chi connectivity index (χ2n) is 2.57. The molecule has 0 heterocycles. The van der Waals surface area contributed by atoms with E-state index in [0.29, 0.717) is 12.0 Å². The molecule has 1 aromatic carbocycles. The van der Waals surface area contributed by atoms with E-state index in [2.05, 4.69) is 0 Å². The van der Waals surface area contributed by atoms with Crippen LogP contribution in [0.25, 0.3) is 0 Å². The Morgan fingerprint density at radius 1 is 1.43 bits per heavy atom. The minimum atomic E-state index is -4.57. The van der Waals surface area contributed by atoms with Gasteiger partial charge in [-0.1, -0.05) is 19.1 Å². The Morgan fingerprint density at radius 2 is 2.00 bits per heavy atom. The molecule has 0 fully saturated rings. The fraction of sp³-hybridized carbons (Fsp3) is 0.250. The van der Waals surface area contributed by atoms with Crippen LogP contribution in [0.2, 0.25) is 0 Å². The number of hydrogen-bond acceptors (Lipinski definition) is 4. The van der Waals surface area contributed by atoms with Crippen LogP contribution in [-0.2, 0) is 16.5 Å². The van der Waals surface area contributed by atoms with Gasteiger partial charge in [-0.3, -0.25) is 0 Å². The molecule has 14 heavy (non-hydrogen) atoms. The summed E-state index contributed by atoms with van der Waals surface area (Å²) in [4.78, 5) is -0.549. The summed E-state index contributed by atoms with van der Waals surface area (Å²) in [7, 11) is -4.57. The van der Waals surface area contributed by atoms with Crippen LogP contribution < -0.4 is 29.6 Å². The molecule has 6 heteroatoms. The van der Waals surface area contributed by atoms with Crippen molar-refractivity contribution in [2.75, 3.05) is 0 Å². The van der Waals surface area contributed by atoms with Gasteiger partial charge in [0.2, 0.25) is 0 Å². The Hall–Kier alpha value is -0.0700. The number of rotatable bonds is 2. The topological polar surface area (TPSA) is 77.4 Å². The van der Waals surface area contributed by atoms with E-state index in [4.69, 9.17) is 0 Å². The van der Waals surface area contributed by atoms with Crippen molar-refractivity contribution in [2.45, 2.75) is 18.2 Å². The van der Waals surface area contributed by atoms with E-state index in [9.17, 15) is 18.1 Å². The first-order valence-corrected chi connectivity index (χ1v) is 5.14. The predicted molar refractivity (Wildman–Crippen MR) is 45.4 cm³/mol. The zero-order valence-electron chi connectivity index (χ0n) is 8.02. The van der Waals surface area contributed by atoms with E-state index < -0.39 is 20.8 Å². The Morgan fingerprint density at radius 3 is 2.43 bits per heavy atom. The van der Waals surface area contributed by atoms with Crippen molar-refractivity contribution in [1.29, 1.82) is 0 Å². The van der Waals surface area contributed by atoms with Crippen LogP contribution in [0, 0.1) is 0 Å². The summed E-state index contributed by atoms with van der Waals surface area (Å²) in [6, 6.07) is 4.10. The maximum atomic E-state index is 10.6. The fourth-order valence-corrected chi connectivity index (χ4v) is 1.67. The molecule has 0 bridgehead atoms. The van der Waals surface area contributed by atoms with Gasteiger partial charge >= 0.3 is 29.6 Å². The molecular weight excluding hydrogens is 215 g/mol. The molecule has 0 aliphatic rings. The van der Waals surface area contributed by atoms with Crippen LogP contribution in [0.1, 0.15) is 12.5 Å². The number of benzene rings is 1. The van der Waals surface area contributed by atoms with Gasteiger partial charge in [-0.05, 0) is 18.1 Å². The second-order valence-corrected chi connectivity index (χ2v) is 3.92. The Balaban J connectivity index is 0.00000169. The third kappa shape index (κ3) is 2.96. The Kier molecular flexibility index (Phi) is 5.11. The van der Waals surface area contributed by atoms with Crippen LogP contribution >= 0.6 is 0 Å². The maximum Gasteiger partial charge on any atom is 1.00 e. The minimum Gasteiger partial charge on any atom is -0.744 e. The standard InChI is InChI=1S/C8H10O4S.Na/c1-2-6-4-3-5-7(8(6)9)13(10,11)12;/h3-5,9H,2H2,1H3,(H,10,11,12);/q;+1/p-1. The van der Waals surface area contributed by atoms with Crippen LogP contribution in [-0.4, -0.2) is 18.1 Å². The Labute approximate surface area is 105 Å². The molecule has 0 aliphatic carbocycles. The molecule has 0 aromatic heterocycles. The van der Waals surface area contributed by atoms with Crippen molar-refractivity contribution in [1.82, 2.24) is 0 Å². The van der Waals surface area contributed by atoms with Gasteiger partial charge in [0, 0.05) is 0 Å². The number of hydrogen-bond donors (Lipinski definition) is 1. The van der Waals surface area contributed by atoms with Gasteiger partial charge in [0.25, 0.3) is 0 Å². The molecule has 0 saturated carbocycles. The van der Waals surface area contributed by atoms with Crippen molar-refractivity contribution in [3.8, 4) is 5.75 Å². The predicted octanol–water partition coefficient (Wildman–Crippen LogP) is -2.14. The average Bonchev–Trinajstić information content (AvgIpc) is 2.02. The summed E-state index contributed by atoms with van der Waals surface area (Å²) >= 11 is 0. The van der Waals surface area contributed by atoms with E-state index in [-0.39, 0.29) is 29.6 Å². The quantitative estimate of drug-likeness (QED) is 0.459. The number of phenolic OH excluding ortho intramolecular Hbond substituents is 1. The van der Waals surface area contributed by atoms with Gasteiger partial charge in [-0.15, -0.1) is 0 Å². The summed E-state index contributed by atoms with van der Waals surface area (Å²) in [5.74, 6) is -0.431. The molecule has 4 nitrogen and oxygen atoms in total. The molecule has 0 aliphatic heterocycles. The van der Waals surface area contributed by atoms with Gasteiger partial charge in [0.15, 0.2) is 0 Å². The van der Waals surface area contributed by atoms with Crippen molar-refractivity contribution < 1.29 is 47.6 Å². The van der Waals surface area contributed by atoms with Crippen LogP contribution in [0.5, 0.6) is 5.75 Å². The second kappa shape index (κ2) is 5.14. The van der Waals surface area contributed by atoms with Crippen molar-refractivity contribution in [3.05, 3.63) is 23.8 Å². The molecule has 0 unspecified atom stereocenters. The van der Waals surface area contributed by atoms with Crippen LogP contribution in [0.4, 0.5) is 0 Å². The normalized spacial score (nSPS) is 10.7. The molecular formula is C8H9NaO4S. The molecule has 72 valence electrons. The summed E-state index contributed by atoms with van der Waals surface area (Å²) in [5.41, 5.74) is 0.455. The first kappa shape index (κ1) is 13.9. The number of aryl methyl sites for hydroxylation is 1. The summed E-state index contributed by atoms with van der Waals surface area (Å²) in [5, 5.41) is 9.35. The SMILES string of the molecule is CCc1cccc(S(=O)(=O)[O-])c1O.[Na+]. The summed E-state index contributed by atoms with van der Waals surface area (Å²) in [6.07, 6.45) is 0.481. The third-order valence-corrected chi connectivity index (χ3v) is 2.60. The summed E-state index contributed by atoms with van der Waals surface area (Å²) in [6.45, 7) is 1.76. The zero-order chi connectivity index (χ0) is 10.1. The fourth-order valence-electron chi connectivity index (χ4n) is 1.05. The molecule has 0 radical (unpaired) electrons. The molecule has 1 N–H and O–H groups in total. The van der Waals surface area contributed by atoms with Crippen molar-refractivity contribution in [3.63, 3.8) is 0 Å². The smallest absolute Gasteiger partial charge is 0.744 e. The van der Waals surface area contributed by atoms with Crippen LogP contribution in [0.15, 0.2) is 23.1 Å². The zero-order valence-corrected chi connectivity index (χ0v) is 10.8. The maximum absolute atomic E-state index is 10.6. The molecule has 0 amide bonds. The first-order valence-electron chi connectivity index (χ1n) is 3.73.